The van der Waals surface area contributed by atoms with Crippen LogP contribution in [0.1, 0.15) is 36.4 Å². The zero-order valence-electron chi connectivity index (χ0n) is 23.3. The molecule has 210 valence electrons. The molecule has 1 amide bonds. The summed E-state index contributed by atoms with van der Waals surface area (Å²) in [6, 6.07) is 20.9. The molecule has 0 unspecified atom stereocenters. The van der Waals surface area contributed by atoms with Crippen molar-refractivity contribution in [3.63, 3.8) is 0 Å². The van der Waals surface area contributed by atoms with Gasteiger partial charge in [-0.2, -0.15) is 0 Å². The number of aryl methyl sites for hydroxylation is 1. The number of hydrogen-bond acceptors (Lipinski definition) is 7. The van der Waals surface area contributed by atoms with Crippen LogP contribution < -0.4 is 11.1 Å². The molecule has 0 saturated carbocycles. The summed E-state index contributed by atoms with van der Waals surface area (Å²) in [4.78, 5) is 32.7. The molecular weight excluding hydrogens is 524 g/mol. The number of nitrogens with zero attached hydrogens (tertiary/aromatic N) is 6. The number of nitrogens with two attached hydrogens (primary N) is 1. The molecule has 1 aliphatic carbocycles. The molecule has 9 nitrogen and oxygen atoms in total. The molecule has 1 aromatic carbocycles. The number of aromatic nitrogens is 5. The van der Waals surface area contributed by atoms with Gasteiger partial charge in [0.2, 0.25) is 5.91 Å². The second kappa shape index (κ2) is 10.8. The van der Waals surface area contributed by atoms with Crippen LogP contribution in [-0.4, -0.2) is 54.4 Å². The van der Waals surface area contributed by atoms with E-state index >= 15 is 0 Å². The zero-order valence-corrected chi connectivity index (χ0v) is 23.3. The Balaban J connectivity index is 1.24. The van der Waals surface area contributed by atoms with Gasteiger partial charge in [0.05, 0.1) is 17.0 Å². The number of fused-ring (bicyclic) bond motifs is 2. The number of carbonyl (C=O) groups excluding carboxylic acids is 1. The van der Waals surface area contributed by atoms with Gasteiger partial charge in [-0.15, -0.1) is 0 Å². The Morgan fingerprint density at radius 3 is 2.60 bits per heavy atom. The smallest absolute Gasteiger partial charge is 0.245 e. The molecule has 9 heteroatoms. The Hall–Kier alpha value is -4.89. The minimum Gasteiger partial charge on any atom is -0.383 e. The van der Waals surface area contributed by atoms with Crippen LogP contribution in [0.5, 0.6) is 0 Å². The van der Waals surface area contributed by atoms with Gasteiger partial charge in [0.1, 0.15) is 11.3 Å². The Kier molecular flexibility index (Phi) is 6.71. The van der Waals surface area contributed by atoms with Crippen LogP contribution in [0, 0.1) is 0 Å². The summed E-state index contributed by atoms with van der Waals surface area (Å²) in [5.74, 6) is 1.15. The third-order valence-electron chi connectivity index (χ3n) is 8.39. The quantitative estimate of drug-likeness (QED) is 0.287. The van der Waals surface area contributed by atoms with Gasteiger partial charge in [-0.1, -0.05) is 18.7 Å². The second-order valence-electron chi connectivity index (χ2n) is 10.9. The van der Waals surface area contributed by atoms with Crippen molar-refractivity contribution in [1.29, 1.82) is 0 Å². The maximum Gasteiger partial charge on any atom is 0.245 e. The minimum atomic E-state index is 0.0215. The first-order valence-electron chi connectivity index (χ1n) is 14.4. The first-order chi connectivity index (χ1) is 20.6. The van der Waals surface area contributed by atoms with E-state index in [0.717, 1.165) is 72.6 Å². The number of carbonyl (C=O) groups is 1. The van der Waals surface area contributed by atoms with E-state index in [0.29, 0.717) is 23.7 Å². The van der Waals surface area contributed by atoms with Gasteiger partial charge in [-0.3, -0.25) is 14.3 Å². The lowest BCUT2D eigenvalue weighted by atomic mass is 10.0. The fourth-order valence-corrected chi connectivity index (χ4v) is 6.24. The topological polar surface area (TPSA) is 115 Å². The molecule has 3 N–H and O–H groups in total. The van der Waals surface area contributed by atoms with Crippen molar-refractivity contribution in [2.75, 3.05) is 18.8 Å². The molecule has 4 aromatic heterocycles. The number of rotatable bonds is 6. The SMILES string of the molecule is C=CC(=O)N1CCC(N[C@H]2CCc3cc(-n4c(-c5cccnc5N)nc5ccc(-c6ccccn6)nc54)ccc32)CC1. The second-order valence-corrected chi connectivity index (χ2v) is 10.9. The molecule has 1 fully saturated rings. The number of anilines is 1. The van der Waals surface area contributed by atoms with Crippen molar-refractivity contribution in [3.05, 3.63) is 96.8 Å². The minimum absolute atomic E-state index is 0.0215. The summed E-state index contributed by atoms with van der Waals surface area (Å²) >= 11 is 0. The third-order valence-corrected chi connectivity index (χ3v) is 8.39. The Bertz CT molecular complexity index is 1790. The number of hydrogen-bond donors (Lipinski definition) is 2. The lowest BCUT2D eigenvalue weighted by molar-refractivity contribution is -0.127. The van der Waals surface area contributed by atoms with Crippen molar-refractivity contribution in [1.82, 2.24) is 34.7 Å². The normalized spacial score (nSPS) is 17.0. The molecular formula is C33H32N8O. The molecule has 0 radical (unpaired) electrons. The highest BCUT2D eigenvalue weighted by atomic mass is 16.2. The maximum absolute atomic E-state index is 12.0. The van der Waals surface area contributed by atoms with Crippen molar-refractivity contribution < 1.29 is 4.79 Å². The number of likely N-dealkylation sites (tertiary alicyclic amines) is 1. The van der Waals surface area contributed by atoms with Crippen molar-refractivity contribution >= 4 is 22.9 Å². The first-order valence-corrected chi connectivity index (χ1v) is 14.4. The zero-order chi connectivity index (χ0) is 28.6. The van der Waals surface area contributed by atoms with E-state index in [4.69, 9.17) is 15.7 Å². The van der Waals surface area contributed by atoms with Gasteiger partial charge in [-0.25, -0.2) is 15.0 Å². The van der Waals surface area contributed by atoms with E-state index in [2.05, 4.69) is 44.6 Å². The predicted octanol–water partition coefficient (Wildman–Crippen LogP) is 4.88. The highest BCUT2D eigenvalue weighted by Crippen LogP contribution is 2.36. The largest absolute Gasteiger partial charge is 0.383 e. The molecule has 1 atom stereocenters. The van der Waals surface area contributed by atoms with E-state index in [1.54, 1.807) is 12.4 Å². The predicted molar refractivity (Wildman–Crippen MR) is 164 cm³/mol. The van der Waals surface area contributed by atoms with Gasteiger partial charge in [0, 0.05) is 43.3 Å². The number of piperidine rings is 1. The summed E-state index contributed by atoms with van der Waals surface area (Å²) in [5, 5.41) is 3.88. The van der Waals surface area contributed by atoms with Crippen LogP contribution in [0.2, 0.25) is 0 Å². The molecule has 2 aliphatic rings. The lowest BCUT2D eigenvalue weighted by Crippen LogP contribution is -2.45. The van der Waals surface area contributed by atoms with Crippen LogP contribution in [-0.2, 0) is 11.2 Å². The van der Waals surface area contributed by atoms with E-state index in [-0.39, 0.29) is 5.91 Å². The fraction of sp³-hybridized carbons (Fsp3) is 0.242. The number of nitrogens with one attached hydrogen (secondary N) is 1. The fourth-order valence-electron chi connectivity index (χ4n) is 6.24. The van der Waals surface area contributed by atoms with Crippen molar-refractivity contribution in [2.45, 2.75) is 37.8 Å². The number of nitrogen functional groups attached to an aromatic ring is 1. The van der Waals surface area contributed by atoms with E-state index in [1.165, 1.54) is 17.2 Å². The summed E-state index contributed by atoms with van der Waals surface area (Å²) in [5.41, 5.74) is 13.8. The average molecular weight is 557 g/mol. The molecule has 7 rings (SSSR count). The van der Waals surface area contributed by atoms with E-state index < -0.39 is 0 Å². The van der Waals surface area contributed by atoms with E-state index in [1.807, 2.05) is 47.4 Å². The molecule has 42 heavy (non-hydrogen) atoms. The highest BCUT2D eigenvalue weighted by Gasteiger charge is 2.29. The standard InChI is InChI=1S/C33H32N8O/c1-2-30(42)40-18-14-22(15-19-40)37-26-11-8-21-20-23(9-10-24(21)26)41-32(25-6-5-17-36-31(25)34)39-29-13-12-28(38-33(29)41)27-7-3-4-16-35-27/h2-7,9-10,12-13,16-17,20,22,26,37H,1,8,11,14-15,18-19H2,(H2,34,36)/t26-/m0/s1. The summed E-state index contributed by atoms with van der Waals surface area (Å²) in [6.07, 6.45) is 8.79. The molecule has 0 bridgehead atoms. The van der Waals surface area contributed by atoms with Gasteiger partial charge in [0.15, 0.2) is 11.5 Å². The van der Waals surface area contributed by atoms with Crippen LogP contribution in [0.3, 0.4) is 0 Å². The molecule has 5 aromatic rings. The number of amides is 1. The number of imidazole rings is 1. The Morgan fingerprint density at radius 1 is 0.952 bits per heavy atom. The first kappa shape index (κ1) is 26.0. The summed E-state index contributed by atoms with van der Waals surface area (Å²) in [7, 11) is 0. The maximum atomic E-state index is 12.0. The average Bonchev–Trinajstić information content (AvgIpc) is 3.62. The molecule has 1 aliphatic heterocycles. The van der Waals surface area contributed by atoms with Gasteiger partial charge >= 0.3 is 0 Å². The third kappa shape index (κ3) is 4.71. The van der Waals surface area contributed by atoms with Crippen LogP contribution in [0.25, 0.3) is 39.6 Å². The van der Waals surface area contributed by atoms with Crippen LogP contribution in [0.4, 0.5) is 5.82 Å². The number of pyridine rings is 3. The summed E-state index contributed by atoms with van der Waals surface area (Å²) < 4.78 is 2.09. The van der Waals surface area contributed by atoms with Crippen LogP contribution >= 0.6 is 0 Å². The van der Waals surface area contributed by atoms with Crippen molar-refractivity contribution in [3.8, 4) is 28.5 Å². The molecule has 5 heterocycles. The summed E-state index contributed by atoms with van der Waals surface area (Å²) in [6.45, 7) is 5.15. The van der Waals surface area contributed by atoms with Crippen molar-refractivity contribution in [2.24, 2.45) is 0 Å². The Morgan fingerprint density at radius 2 is 1.81 bits per heavy atom. The highest BCUT2D eigenvalue weighted by molar-refractivity contribution is 5.87. The molecule has 0 spiro atoms. The van der Waals surface area contributed by atoms with Gasteiger partial charge in [-0.05, 0) is 91.4 Å². The van der Waals surface area contributed by atoms with Gasteiger partial charge < -0.3 is 16.0 Å². The van der Waals surface area contributed by atoms with E-state index in [9.17, 15) is 4.79 Å². The monoisotopic (exact) mass is 556 g/mol. The van der Waals surface area contributed by atoms with Crippen LogP contribution in [0.15, 0.2) is 85.7 Å². The Labute approximate surface area is 244 Å². The molecule has 1 saturated heterocycles. The van der Waals surface area contributed by atoms with Gasteiger partial charge in [0.25, 0.3) is 0 Å². The lowest BCUT2D eigenvalue weighted by Gasteiger charge is -2.33. The number of benzene rings is 1.